The first-order chi connectivity index (χ1) is 6.34. The van der Waals surface area contributed by atoms with Gasteiger partial charge in [0.2, 0.25) is 0 Å². The molecule has 2 aliphatic rings. The molecular weight excluding hydrogens is 164 g/mol. The van der Waals surface area contributed by atoms with Crippen molar-refractivity contribution in [1.82, 2.24) is 5.32 Å². The van der Waals surface area contributed by atoms with E-state index in [1.807, 2.05) is 18.2 Å². The molecule has 1 aromatic carbocycles. The first-order valence-corrected chi connectivity index (χ1v) is 4.32. The number of benzene rings is 1. The number of amides is 2. The first kappa shape index (κ1) is 6.83. The zero-order valence-corrected chi connectivity index (χ0v) is 6.95. The second-order valence-corrected chi connectivity index (χ2v) is 3.36. The summed E-state index contributed by atoms with van der Waals surface area (Å²) < 4.78 is 0. The Kier molecular flexibility index (Phi) is 1.15. The van der Waals surface area contributed by atoms with Crippen molar-refractivity contribution in [1.29, 1.82) is 0 Å². The fourth-order valence-corrected chi connectivity index (χ4v) is 2.00. The number of nitrogens with zero attached hydrogens (tertiary/aromatic N) is 1. The molecule has 0 saturated heterocycles. The van der Waals surface area contributed by atoms with Crippen LogP contribution in [0.4, 0.5) is 4.79 Å². The summed E-state index contributed by atoms with van der Waals surface area (Å²) in [5, 5.41) is 2.82. The van der Waals surface area contributed by atoms with Crippen LogP contribution in [0.2, 0.25) is 0 Å². The van der Waals surface area contributed by atoms with Crippen molar-refractivity contribution in [3.8, 4) is 0 Å². The Morgan fingerprint density at radius 2 is 2.23 bits per heavy atom. The number of hydrogen-bond donors (Lipinski definition) is 1. The number of rotatable bonds is 0. The lowest BCUT2D eigenvalue weighted by Crippen LogP contribution is -2.29. The van der Waals surface area contributed by atoms with Crippen LogP contribution in [0.15, 0.2) is 29.3 Å². The molecule has 1 aromatic rings. The standard InChI is InChI=1S/C10H8N2O/c13-10-11-8-5-6-3-1-2-4-7(6)9(8)12-10/h1-4,8H,5H2,(H,11,13). The van der Waals surface area contributed by atoms with E-state index in [0.717, 1.165) is 17.7 Å². The molecular formula is C10H8N2O. The van der Waals surface area contributed by atoms with Gasteiger partial charge in [0.15, 0.2) is 0 Å². The van der Waals surface area contributed by atoms with Crippen molar-refractivity contribution >= 4 is 11.7 Å². The molecule has 1 atom stereocenters. The predicted molar refractivity (Wildman–Crippen MR) is 49.0 cm³/mol. The Hall–Kier alpha value is -1.64. The average Bonchev–Trinajstić information content (AvgIpc) is 2.60. The molecule has 0 bridgehead atoms. The third-order valence-corrected chi connectivity index (χ3v) is 2.57. The summed E-state index contributed by atoms with van der Waals surface area (Å²) in [5.74, 6) is 0. The molecule has 13 heavy (non-hydrogen) atoms. The van der Waals surface area contributed by atoms with E-state index in [1.165, 1.54) is 5.56 Å². The molecule has 0 aromatic heterocycles. The van der Waals surface area contributed by atoms with E-state index in [1.54, 1.807) is 0 Å². The molecule has 64 valence electrons. The van der Waals surface area contributed by atoms with Crippen LogP contribution in [-0.4, -0.2) is 17.8 Å². The van der Waals surface area contributed by atoms with Gasteiger partial charge >= 0.3 is 6.03 Å². The van der Waals surface area contributed by atoms with Crippen LogP contribution in [0.5, 0.6) is 0 Å². The van der Waals surface area contributed by atoms with Crippen LogP contribution in [0.3, 0.4) is 0 Å². The van der Waals surface area contributed by atoms with E-state index in [9.17, 15) is 4.79 Å². The summed E-state index contributed by atoms with van der Waals surface area (Å²) in [6.45, 7) is 0. The van der Waals surface area contributed by atoms with Gasteiger partial charge in [0.05, 0.1) is 11.8 Å². The molecule has 1 aliphatic heterocycles. The van der Waals surface area contributed by atoms with Gasteiger partial charge in [0, 0.05) is 5.56 Å². The highest BCUT2D eigenvalue weighted by Crippen LogP contribution is 2.25. The lowest BCUT2D eigenvalue weighted by molar-refractivity contribution is 0.250. The molecule has 0 fully saturated rings. The molecule has 1 heterocycles. The van der Waals surface area contributed by atoms with Crippen LogP contribution in [0, 0.1) is 0 Å². The molecule has 1 aliphatic carbocycles. The minimum Gasteiger partial charge on any atom is -0.327 e. The number of nitrogens with one attached hydrogen (secondary N) is 1. The second-order valence-electron chi connectivity index (χ2n) is 3.36. The summed E-state index contributed by atoms with van der Waals surface area (Å²) in [5.41, 5.74) is 3.33. The molecule has 0 radical (unpaired) electrons. The van der Waals surface area contributed by atoms with Gasteiger partial charge in [-0.1, -0.05) is 24.3 Å². The number of carbonyl (C=O) groups is 1. The van der Waals surface area contributed by atoms with Crippen molar-refractivity contribution in [2.24, 2.45) is 4.99 Å². The van der Waals surface area contributed by atoms with E-state index in [-0.39, 0.29) is 12.1 Å². The van der Waals surface area contributed by atoms with Gasteiger partial charge in [-0.15, -0.1) is 0 Å². The molecule has 2 amide bonds. The Morgan fingerprint density at radius 3 is 3.15 bits per heavy atom. The monoisotopic (exact) mass is 172 g/mol. The molecule has 0 spiro atoms. The third kappa shape index (κ3) is 0.840. The maximum Gasteiger partial charge on any atom is 0.341 e. The molecule has 3 heteroatoms. The summed E-state index contributed by atoms with van der Waals surface area (Å²) in [7, 11) is 0. The smallest absolute Gasteiger partial charge is 0.327 e. The van der Waals surface area contributed by atoms with Crippen molar-refractivity contribution in [3.63, 3.8) is 0 Å². The number of aliphatic imine (C=N–C) groups is 1. The Balaban J connectivity index is 2.19. The summed E-state index contributed by atoms with van der Waals surface area (Å²) in [6.07, 6.45) is 0.890. The molecule has 1 unspecified atom stereocenters. The summed E-state index contributed by atoms with van der Waals surface area (Å²) >= 11 is 0. The number of carbonyl (C=O) groups excluding carboxylic acids is 1. The Labute approximate surface area is 75.5 Å². The van der Waals surface area contributed by atoms with Gasteiger partial charge in [-0.2, -0.15) is 4.99 Å². The minimum atomic E-state index is -0.200. The van der Waals surface area contributed by atoms with Crippen LogP contribution in [0.25, 0.3) is 0 Å². The third-order valence-electron chi connectivity index (χ3n) is 2.57. The predicted octanol–water partition coefficient (Wildman–Crippen LogP) is 1.12. The molecule has 0 saturated carbocycles. The van der Waals surface area contributed by atoms with E-state index < -0.39 is 0 Å². The van der Waals surface area contributed by atoms with E-state index in [2.05, 4.69) is 16.4 Å². The zero-order valence-electron chi connectivity index (χ0n) is 6.95. The Morgan fingerprint density at radius 1 is 1.38 bits per heavy atom. The van der Waals surface area contributed by atoms with E-state index in [4.69, 9.17) is 0 Å². The SMILES string of the molecule is O=C1N=C2c3ccccc3CC2N1. The van der Waals surface area contributed by atoms with E-state index >= 15 is 0 Å². The van der Waals surface area contributed by atoms with Crippen molar-refractivity contribution in [2.45, 2.75) is 12.5 Å². The largest absolute Gasteiger partial charge is 0.341 e. The highest BCUT2D eigenvalue weighted by molar-refractivity contribution is 6.16. The van der Waals surface area contributed by atoms with Gasteiger partial charge in [0.1, 0.15) is 0 Å². The molecule has 1 N–H and O–H groups in total. The quantitative estimate of drug-likeness (QED) is 0.626. The number of hydrogen-bond acceptors (Lipinski definition) is 1. The fraction of sp³-hybridized carbons (Fsp3) is 0.200. The van der Waals surface area contributed by atoms with Crippen LogP contribution < -0.4 is 5.32 Å². The van der Waals surface area contributed by atoms with Crippen molar-refractivity contribution < 1.29 is 4.79 Å². The van der Waals surface area contributed by atoms with Gasteiger partial charge < -0.3 is 5.32 Å². The highest BCUT2D eigenvalue weighted by Gasteiger charge is 2.33. The van der Waals surface area contributed by atoms with E-state index in [0.29, 0.717) is 0 Å². The molecule has 3 rings (SSSR count). The zero-order chi connectivity index (χ0) is 8.84. The molecule has 3 nitrogen and oxygen atoms in total. The van der Waals surface area contributed by atoms with Gasteiger partial charge in [-0.25, -0.2) is 4.79 Å². The average molecular weight is 172 g/mol. The van der Waals surface area contributed by atoms with Gasteiger partial charge in [-0.3, -0.25) is 0 Å². The fourth-order valence-electron chi connectivity index (χ4n) is 2.00. The number of urea groups is 1. The van der Waals surface area contributed by atoms with Crippen molar-refractivity contribution in [2.75, 3.05) is 0 Å². The second kappa shape index (κ2) is 2.19. The maximum absolute atomic E-state index is 11.0. The highest BCUT2D eigenvalue weighted by atomic mass is 16.2. The topological polar surface area (TPSA) is 41.5 Å². The summed E-state index contributed by atoms with van der Waals surface area (Å²) in [4.78, 5) is 14.9. The maximum atomic E-state index is 11.0. The minimum absolute atomic E-state index is 0.130. The van der Waals surface area contributed by atoms with Crippen LogP contribution in [-0.2, 0) is 6.42 Å². The normalized spacial score (nSPS) is 23.5. The van der Waals surface area contributed by atoms with Crippen LogP contribution in [0.1, 0.15) is 11.1 Å². The lowest BCUT2D eigenvalue weighted by Gasteiger charge is -2.00. The lowest BCUT2D eigenvalue weighted by atomic mass is 10.1. The van der Waals surface area contributed by atoms with Crippen LogP contribution >= 0.6 is 0 Å². The Bertz CT molecular complexity index is 423. The van der Waals surface area contributed by atoms with Gasteiger partial charge in [0.25, 0.3) is 0 Å². The van der Waals surface area contributed by atoms with Gasteiger partial charge in [-0.05, 0) is 12.0 Å². The van der Waals surface area contributed by atoms with Crippen molar-refractivity contribution in [3.05, 3.63) is 35.4 Å². The number of fused-ring (bicyclic) bond motifs is 3. The first-order valence-electron chi connectivity index (χ1n) is 4.32. The summed E-state index contributed by atoms with van der Waals surface area (Å²) in [6, 6.07) is 8.03.